The number of carbonyl (C=O) groups excluding carboxylic acids is 3. The number of anilines is 2. The van der Waals surface area contributed by atoms with Crippen LogP contribution in [0.2, 0.25) is 0 Å². The van der Waals surface area contributed by atoms with Crippen molar-refractivity contribution in [3.8, 4) is 0 Å². The van der Waals surface area contributed by atoms with Crippen LogP contribution in [0.25, 0.3) is 0 Å². The van der Waals surface area contributed by atoms with E-state index in [-0.39, 0.29) is 39.8 Å². The molecule has 0 aromatic heterocycles. The molecule has 6 rings (SSSR count). The molecular formula is C51H72ClFN4O8S2. The van der Waals surface area contributed by atoms with E-state index in [4.69, 9.17) is 32.3 Å². The molecule has 2 heterocycles. The van der Waals surface area contributed by atoms with Gasteiger partial charge in [-0.15, -0.1) is 0 Å². The molecule has 0 radical (unpaired) electrons. The molecule has 0 spiro atoms. The fraction of sp³-hybridized carbons (Fsp3) is 0.451. The zero-order valence-electron chi connectivity index (χ0n) is 39.4. The number of nitrogens with zero attached hydrogens (tertiary/aromatic N) is 4. The number of amides is 2. The third-order valence-corrected chi connectivity index (χ3v) is 12.7. The van der Waals surface area contributed by atoms with Crippen molar-refractivity contribution in [3.63, 3.8) is 0 Å². The standard InChI is InChI=1S/C24H30N2O4S.C20H23ClN2O2S.C4H8O2.CH3F.2CH4/c1-4-7-23(27)29-17-30-24(28)26-14-12-25(13-15-26)20-8-5-6-9-22(20)31-21-11-10-18(2)16-19(21)3;1-15-7-8-18(16(2)13-15)26-19-6-4-3-5-17(19)22-9-11-23(12-10-22)20(24)25-14-21;1-2-3-4(5)6;1-2;;/h5-6,8-11,16H,4,7,12-15,17H2,1-3H3;3-8,13H,9-12,14H2,1-2H3;2-3H2,1H3,(H,5,6);1H3;2*1H4/i;;;1D;;. The number of rotatable bonds is 13. The minimum atomic E-state index is -1.00. The van der Waals surface area contributed by atoms with Crippen LogP contribution in [0.3, 0.4) is 0 Å². The van der Waals surface area contributed by atoms with E-state index in [0.717, 1.165) is 32.6 Å². The highest BCUT2D eigenvalue weighted by Gasteiger charge is 2.25. The van der Waals surface area contributed by atoms with E-state index >= 15 is 0 Å². The van der Waals surface area contributed by atoms with Crippen molar-refractivity contribution in [3.05, 3.63) is 107 Å². The second-order valence-corrected chi connectivity index (χ2v) is 17.5. The van der Waals surface area contributed by atoms with Gasteiger partial charge in [0.25, 0.3) is 0 Å². The maximum Gasteiger partial charge on any atom is 0.412 e. The lowest BCUT2D eigenvalue weighted by molar-refractivity contribution is -0.152. The Balaban J connectivity index is 0.000000568. The van der Waals surface area contributed by atoms with Gasteiger partial charge in [-0.1, -0.05) is 123 Å². The third kappa shape index (κ3) is 20.3. The van der Waals surface area contributed by atoms with Gasteiger partial charge >= 0.3 is 24.1 Å². The first-order chi connectivity index (χ1) is 31.7. The number of carbonyl (C=O) groups is 4. The highest BCUT2D eigenvalue weighted by molar-refractivity contribution is 7.99. The first-order valence-corrected chi connectivity index (χ1v) is 23.7. The fourth-order valence-corrected chi connectivity index (χ4v) is 8.97. The number of carboxylic acid groups (broad SMARTS) is 1. The number of aliphatic carboxylic acids is 1. The van der Waals surface area contributed by atoms with Gasteiger partial charge < -0.3 is 38.9 Å². The number of carboxylic acids is 1. The Morgan fingerprint density at radius 2 is 1.03 bits per heavy atom. The molecule has 2 amide bonds. The van der Waals surface area contributed by atoms with Crippen LogP contribution in [0, 0.1) is 27.7 Å². The molecule has 4 aromatic rings. The van der Waals surface area contributed by atoms with Crippen LogP contribution in [0.5, 0.6) is 0 Å². The number of aryl methyl sites for hydroxylation is 4. The number of ether oxygens (including phenoxy) is 3. The average molecular weight is 989 g/mol. The smallest absolute Gasteiger partial charge is 0.412 e. The molecule has 0 atom stereocenters. The maximum atomic E-state index is 12.2. The summed E-state index contributed by atoms with van der Waals surface area (Å²) in [4.78, 5) is 58.0. The van der Waals surface area contributed by atoms with Crippen molar-refractivity contribution in [2.75, 3.05) is 82.2 Å². The molecule has 0 unspecified atom stereocenters. The summed E-state index contributed by atoms with van der Waals surface area (Å²) in [5.74, 6) is -1.06. The molecule has 0 bridgehead atoms. The van der Waals surface area contributed by atoms with Gasteiger partial charge in [-0.2, -0.15) is 0 Å². The van der Waals surface area contributed by atoms with Gasteiger partial charge in [0.1, 0.15) is 0 Å². The largest absolute Gasteiger partial charge is 0.481 e. The molecule has 67 heavy (non-hydrogen) atoms. The van der Waals surface area contributed by atoms with Crippen molar-refractivity contribution in [1.29, 1.82) is 0 Å². The van der Waals surface area contributed by atoms with E-state index < -0.39 is 19.2 Å². The first-order valence-electron chi connectivity index (χ1n) is 22.3. The Morgan fingerprint density at radius 3 is 1.39 bits per heavy atom. The Hall–Kier alpha value is -5.12. The summed E-state index contributed by atoms with van der Waals surface area (Å²) >= 11 is 9.04. The molecule has 12 nitrogen and oxygen atoms in total. The van der Waals surface area contributed by atoms with Gasteiger partial charge in [-0.05, 0) is 88.1 Å². The van der Waals surface area contributed by atoms with Gasteiger partial charge in [0.05, 0.1) is 19.9 Å². The maximum absolute atomic E-state index is 12.2. The second-order valence-electron chi connectivity index (χ2n) is 15.1. The van der Waals surface area contributed by atoms with Crippen molar-refractivity contribution in [2.24, 2.45) is 0 Å². The third-order valence-electron chi connectivity index (χ3n) is 10.1. The average Bonchev–Trinajstić information content (AvgIpc) is 3.29. The van der Waals surface area contributed by atoms with Gasteiger partial charge in [0.2, 0.25) is 6.79 Å². The number of benzene rings is 4. The van der Waals surface area contributed by atoms with Gasteiger partial charge in [-0.3, -0.25) is 14.0 Å². The van der Waals surface area contributed by atoms with Gasteiger partial charge in [-0.25, -0.2) is 9.59 Å². The molecule has 16 heteroatoms. The van der Waals surface area contributed by atoms with Crippen LogP contribution >= 0.6 is 35.1 Å². The summed E-state index contributed by atoms with van der Waals surface area (Å²) in [6.45, 7) is 17.3. The van der Waals surface area contributed by atoms with Gasteiger partial charge in [0.15, 0.2) is 6.07 Å². The van der Waals surface area contributed by atoms with Crippen LogP contribution in [0.1, 0.15) is 78.0 Å². The van der Waals surface area contributed by atoms with Crippen molar-refractivity contribution >= 4 is 70.6 Å². The summed E-state index contributed by atoms with van der Waals surface area (Å²) in [6, 6.07) is 29.8. The SMILES string of the molecule is C.C.CCCC(=O)O.CCCC(=O)OCOC(=O)N1CCN(c2ccccc2Sc2ccc(C)cc2C)CC1.Cc1ccc(Sc2ccccc2N2CCN(C(=O)OCCl)CC2)c(C)c1.[2H]CF. The van der Waals surface area contributed by atoms with Crippen LogP contribution in [0.15, 0.2) is 105 Å². The predicted molar refractivity (Wildman–Crippen MR) is 273 cm³/mol. The summed E-state index contributed by atoms with van der Waals surface area (Å²) < 4.78 is 30.4. The Labute approximate surface area is 413 Å². The number of para-hydroxylation sites is 2. The summed E-state index contributed by atoms with van der Waals surface area (Å²) in [6.07, 6.45) is 1.28. The second kappa shape index (κ2) is 32.6. The number of halogens is 2. The minimum absolute atomic E-state index is 0. The van der Waals surface area contributed by atoms with Crippen LogP contribution in [-0.2, 0) is 23.8 Å². The number of hydrogen-bond acceptors (Lipinski definition) is 11. The number of esters is 1. The molecule has 4 aromatic carbocycles. The number of hydrogen-bond donors (Lipinski definition) is 1. The highest BCUT2D eigenvalue weighted by Crippen LogP contribution is 2.39. The molecule has 0 aliphatic carbocycles. The molecule has 370 valence electrons. The van der Waals surface area contributed by atoms with E-state index in [0.29, 0.717) is 45.4 Å². The molecule has 1 N–H and O–H groups in total. The van der Waals surface area contributed by atoms with Crippen LogP contribution < -0.4 is 9.80 Å². The summed E-state index contributed by atoms with van der Waals surface area (Å²) in [7, 11) is -1.00. The molecule has 2 fully saturated rings. The molecule has 2 aliphatic rings. The van der Waals surface area contributed by atoms with E-state index in [9.17, 15) is 23.6 Å². The Kier molecular flexibility index (Phi) is 28.2. The minimum Gasteiger partial charge on any atom is -0.481 e. The molecular weight excluding hydrogens is 915 g/mol. The molecule has 2 saturated heterocycles. The van der Waals surface area contributed by atoms with Crippen molar-refractivity contribution in [2.45, 2.75) is 102 Å². The fourth-order valence-electron chi connectivity index (χ4n) is 6.80. The van der Waals surface area contributed by atoms with Crippen LogP contribution in [0.4, 0.5) is 25.4 Å². The zero-order chi connectivity index (χ0) is 48.4. The quantitative estimate of drug-likeness (QED) is 0.0778. The molecule has 2 aliphatic heterocycles. The topological polar surface area (TPSA) is 129 Å². The van der Waals surface area contributed by atoms with Crippen molar-refractivity contribution in [1.82, 2.24) is 9.80 Å². The summed E-state index contributed by atoms with van der Waals surface area (Å²) in [5, 5.41) is 7.91. The monoisotopic (exact) mass is 987 g/mol. The zero-order valence-corrected chi connectivity index (χ0v) is 40.7. The predicted octanol–water partition coefficient (Wildman–Crippen LogP) is 12.7. The lowest BCUT2D eigenvalue weighted by atomic mass is 10.2. The highest BCUT2D eigenvalue weighted by atomic mass is 35.5. The van der Waals surface area contributed by atoms with E-state index in [2.05, 4.69) is 116 Å². The normalized spacial score (nSPS) is 13.0. The summed E-state index contributed by atoms with van der Waals surface area (Å²) in [5.41, 5.74) is 7.49. The van der Waals surface area contributed by atoms with Gasteiger partial charge in [0, 0.05) is 84.8 Å². The Morgan fingerprint density at radius 1 is 0.627 bits per heavy atom. The van der Waals surface area contributed by atoms with E-state index in [1.165, 1.54) is 53.2 Å². The number of alkyl halides is 2. The molecule has 0 saturated carbocycles. The lowest BCUT2D eigenvalue weighted by Gasteiger charge is -2.36. The lowest BCUT2D eigenvalue weighted by Crippen LogP contribution is -2.49. The van der Waals surface area contributed by atoms with Crippen molar-refractivity contribution < 1.29 is 44.3 Å². The first kappa shape index (κ1) is 58.0. The van der Waals surface area contributed by atoms with E-state index in [1.54, 1.807) is 33.3 Å². The van der Waals surface area contributed by atoms with Crippen LogP contribution in [-0.4, -0.2) is 111 Å². The van der Waals surface area contributed by atoms with E-state index in [1.807, 2.05) is 19.9 Å². The number of piperazine rings is 2. The Bertz CT molecular complexity index is 2140.